The van der Waals surface area contributed by atoms with E-state index in [4.69, 9.17) is 26.4 Å². The van der Waals surface area contributed by atoms with Gasteiger partial charge in [0.25, 0.3) is 5.91 Å². The number of rotatable bonds is 9. The molecule has 1 aliphatic rings. The Labute approximate surface area is 203 Å². The van der Waals surface area contributed by atoms with Gasteiger partial charge in [-0.3, -0.25) is 9.69 Å². The number of ether oxygens (including phenoxy) is 3. The third-order valence-corrected chi connectivity index (χ3v) is 6.31. The maximum Gasteiger partial charge on any atom is 0.266 e. The van der Waals surface area contributed by atoms with Crippen molar-refractivity contribution in [3.63, 3.8) is 0 Å². The molecule has 0 N–H and O–H groups in total. The predicted octanol–water partition coefficient (Wildman–Crippen LogP) is 5.55. The predicted molar refractivity (Wildman–Crippen MR) is 136 cm³/mol. The van der Waals surface area contributed by atoms with Crippen molar-refractivity contribution in [2.75, 3.05) is 20.3 Å². The van der Waals surface area contributed by atoms with Crippen LogP contribution in [0.1, 0.15) is 11.1 Å². The zero-order valence-corrected chi connectivity index (χ0v) is 19.7. The molecule has 0 aromatic heterocycles. The summed E-state index contributed by atoms with van der Waals surface area (Å²) in [5.41, 5.74) is 1.85. The first kappa shape index (κ1) is 22.9. The summed E-state index contributed by atoms with van der Waals surface area (Å²) in [4.78, 5) is 15.2. The van der Waals surface area contributed by atoms with Crippen molar-refractivity contribution in [1.29, 1.82) is 0 Å². The summed E-state index contributed by atoms with van der Waals surface area (Å²) < 4.78 is 17.6. The number of thioether (sulfide) groups is 1. The van der Waals surface area contributed by atoms with E-state index in [0.717, 1.165) is 11.1 Å². The highest BCUT2D eigenvalue weighted by atomic mass is 32.2. The first-order chi connectivity index (χ1) is 16.2. The summed E-state index contributed by atoms with van der Waals surface area (Å²) in [5.74, 6) is 1.92. The molecule has 33 heavy (non-hydrogen) atoms. The second-order valence-corrected chi connectivity index (χ2v) is 8.81. The highest BCUT2D eigenvalue weighted by Crippen LogP contribution is 2.35. The van der Waals surface area contributed by atoms with Gasteiger partial charge >= 0.3 is 0 Å². The first-order valence-corrected chi connectivity index (χ1v) is 11.6. The first-order valence-electron chi connectivity index (χ1n) is 10.4. The van der Waals surface area contributed by atoms with Gasteiger partial charge < -0.3 is 14.2 Å². The quantitative estimate of drug-likeness (QED) is 0.229. The lowest BCUT2D eigenvalue weighted by Crippen LogP contribution is -2.27. The summed E-state index contributed by atoms with van der Waals surface area (Å²) in [5, 5.41) is 0. The molecule has 0 radical (unpaired) electrons. The second kappa shape index (κ2) is 11.0. The van der Waals surface area contributed by atoms with Crippen LogP contribution >= 0.6 is 24.0 Å². The average molecular weight is 478 g/mol. The van der Waals surface area contributed by atoms with Crippen LogP contribution in [0.3, 0.4) is 0 Å². The molecular weight excluding hydrogens is 454 g/mol. The van der Waals surface area contributed by atoms with E-state index in [1.165, 1.54) is 11.8 Å². The average Bonchev–Trinajstić information content (AvgIpc) is 3.11. The highest BCUT2D eigenvalue weighted by molar-refractivity contribution is 8.26. The van der Waals surface area contributed by atoms with Crippen molar-refractivity contribution < 1.29 is 19.0 Å². The number of amides is 1. The molecule has 0 bridgehead atoms. The standard InChI is InChI=1S/C26H23NO4S2/c1-29-22-13-7-8-14-23(22)31-16-15-30-21-12-6-5-11-20(21)17-24-25(28)27(26(32)33-24)18-19-9-3-2-4-10-19/h2-14,17H,15-16,18H2,1H3. The fourth-order valence-corrected chi connectivity index (χ4v) is 4.56. The van der Waals surface area contributed by atoms with Gasteiger partial charge in [0.05, 0.1) is 18.6 Å². The number of hydrogen-bond acceptors (Lipinski definition) is 6. The van der Waals surface area contributed by atoms with Gasteiger partial charge in [-0.15, -0.1) is 0 Å². The topological polar surface area (TPSA) is 48.0 Å². The van der Waals surface area contributed by atoms with E-state index in [-0.39, 0.29) is 5.91 Å². The van der Waals surface area contributed by atoms with Gasteiger partial charge in [-0.25, -0.2) is 0 Å². The number of para-hydroxylation sites is 3. The van der Waals surface area contributed by atoms with Crippen molar-refractivity contribution in [2.45, 2.75) is 6.54 Å². The van der Waals surface area contributed by atoms with E-state index in [1.807, 2.05) is 84.9 Å². The second-order valence-electron chi connectivity index (χ2n) is 7.14. The summed E-state index contributed by atoms with van der Waals surface area (Å²) >= 11 is 6.77. The van der Waals surface area contributed by atoms with Gasteiger partial charge in [0.1, 0.15) is 23.3 Å². The molecule has 1 aliphatic heterocycles. The van der Waals surface area contributed by atoms with Gasteiger partial charge in [-0.1, -0.05) is 84.6 Å². The normalized spacial score (nSPS) is 14.6. The van der Waals surface area contributed by atoms with Crippen LogP contribution < -0.4 is 14.2 Å². The van der Waals surface area contributed by atoms with Crippen LogP contribution in [0.2, 0.25) is 0 Å². The molecule has 1 amide bonds. The van der Waals surface area contributed by atoms with Crippen LogP contribution in [-0.4, -0.2) is 35.5 Å². The third kappa shape index (κ3) is 5.74. The molecule has 168 valence electrons. The summed E-state index contributed by atoms with van der Waals surface area (Å²) in [6, 6.07) is 24.9. The van der Waals surface area contributed by atoms with Gasteiger partial charge in [-0.2, -0.15) is 0 Å². The summed E-state index contributed by atoms with van der Waals surface area (Å²) in [7, 11) is 1.61. The fourth-order valence-electron chi connectivity index (χ4n) is 3.32. The number of hydrogen-bond donors (Lipinski definition) is 0. The van der Waals surface area contributed by atoms with E-state index in [2.05, 4.69) is 0 Å². The molecular formula is C26H23NO4S2. The molecule has 7 heteroatoms. The smallest absolute Gasteiger partial charge is 0.266 e. The van der Waals surface area contributed by atoms with Gasteiger partial charge in [0.2, 0.25) is 0 Å². The van der Waals surface area contributed by atoms with Crippen LogP contribution in [0.5, 0.6) is 17.2 Å². The van der Waals surface area contributed by atoms with Crippen molar-refractivity contribution in [3.05, 3.63) is 94.9 Å². The summed E-state index contributed by atoms with van der Waals surface area (Å²) in [6.45, 7) is 1.16. The molecule has 0 atom stereocenters. The van der Waals surface area contributed by atoms with Crippen LogP contribution in [0.15, 0.2) is 83.8 Å². The zero-order chi connectivity index (χ0) is 23.0. The summed E-state index contributed by atoms with van der Waals surface area (Å²) in [6.07, 6.45) is 1.83. The van der Waals surface area contributed by atoms with E-state index in [9.17, 15) is 4.79 Å². The van der Waals surface area contributed by atoms with E-state index >= 15 is 0 Å². The largest absolute Gasteiger partial charge is 0.493 e. The van der Waals surface area contributed by atoms with Crippen molar-refractivity contribution in [3.8, 4) is 17.2 Å². The van der Waals surface area contributed by atoms with Gasteiger partial charge in [0.15, 0.2) is 11.5 Å². The molecule has 0 saturated carbocycles. The fraction of sp³-hybridized carbons (Fsp3) is 0.154. The van der Waals surface area contributed by atoms with Crippen molar-refractivity contribution in [2.24, 2.45) is 0 Å². The van der Waals surface area contributed by atoms with E-state index in [0.29, 0.717) is 46.2 Å². The SMILES string of the molecule is COc1ccccc1OCCOc1ccccc1C=C1SC(=S)N(Cc2ccccc2)C1=O. The molecule has 1 fully saturated rings. The Morgan fingerprint density at radius 3 is 2.18 bits per heavy atom. The lowest BCUT2D eigenvalue weighted by Gasteiger charge is -2.14. The molecule has 3 aromatic rings. The van der Waals surface area contributed by atoms with Crippen molar-refractivity contribution in [1.82, 2.24) is 4.90 Å². The molecule has 1 heterocycles. The third-order valence-electron chi connectivity index (χ3n) is 4.93. The Kier molecular flexibility index (Phi) is 7.65. The Morgan fingerprint density at radius 1 is 0.848 bits per heavy atom. The van der Waals surface area contributed by atoms with Gasteiger partial charge in [-0.05, 0) is 29.8 Å². The Balaban J connectivity index is 1.40. The molecule has 5 nitrogen and oxygen atoms in total. The molecule has 4 rings (SSSR count). The van der Waals surface area contributed by atoms with Crippen LogP contribution in [0.25, 0.3) is 6.08 Å². The number of benzene rings is 3. The van der Waals surface area contributed by atoms with E-state index in [1.54, 1.807) is 12.0 Å². The molecule has 1 saturated heterocycles. The lowest BCUT2D eigenvalue weighted by molar-refractivity contribution is -0.122. The van der Waals surface area contributed by atoms with Crippen LogP contribution in [-0.2, 0) is 11.3 Å². The zero-order valence-electron chi connectivity index (χ0n) is 18.1. The van der Waals surface area contributed by atoms with Crippen molar-refractivity contribution >= 4 is 40.3 Å². The molecule has 0 spiro atoms. The van der Waals surface area contributed by atoms with Crippen LogP contribution in [0.4, 0.5) is 0 Å². The monoisotopic (exact) mass is 477 g/mol. The molecule has 3 aromatic carbocycles. The molecule has 0 aliphatic carbocycles. The number of thiocarbonyl (C=S) groups is 1. The number of nitrogens with zero attached hydrogens (tertiary/aromatic N) is 1. The number of carbonyl (C=O) groups is 1. The number of carbonyl (C=O) groups excluding carboxylic acids is 1. The minimum Gasteiger partial charge on any atom is -0.493 e. The maximum absolute atomic E-state index is 13.0. The maximum atomic E-state index is 13.0. The Bertz CT molecular complexity index is 1160. The van der Waals surface area contributed by atoms with Crippen LogP contribution in [0, 0.1) is 0 Å². The number of methoxy groups -OCH3 is 1. The molecule has 0 unspecified atom stereocenters. The highest BCUT2D eigenvalue weighted by Gasteiger charge is 2.32. The lowest BCUT2D eigenvalue weighted by atomic mass is 10.1. The minimum atomic E-state index is -0.0943. The Morgan fingerprint density at radius 2 is 1.45 bits per heavy atom. The van der Waals surface area contributed by atoms with Gasteiger partial charge in [0, 0.05) is 5.56 Å². The Hall–Kier alpha value is -3.29. The van der Waals surface area contributed by atoms with E-state index < -0.39 is 0 Å². The minimum absolute atomic E-state index is 0.0943.